The summed E-state index contributed by atoms with van der Waals surface area (Å²) in [7, 11) is 7.30. The number of nitrogens with zero attached hydrogens (tertiary/aromatic N) is 2. The lowest BCUT2D eigenvalue weighted by atomic mass is 10.4. The second-order valence-electron chi connectivity index (χ2n) is 5.03. The molecule has 0 aromatic carbocycles. The normalized spacial score (nSPS) is 11.4. The van der Waals surface area contributed by atoms with Crippen LogP contribution in [0.1, 0.15) is 12.8 Å². The van der Waals surface area contributed by atoms with E-state index in [0.717, 1.165) is 58.2 Å². The molecule has 0 aliphatic carbocycles. The second-order valence-corrected chi connectivity index (χ2v) is 5.03. The number of methoxy groups -OCH3 is 2. The van der Waals surface area contributed by atoms with Crippen molar-refractivity contribution in [2.75, 3.05) is 80.9 Å². The van der Waals surface area contributed by atoms with E-state index in [9.17, 15) is 0 Å². The Bertz CT molecular complexity index is 271. The molecule has 0 aliphatic rings. The first-order chi connectivity index (χ1) is 10.7. The summed E-state index contributed by atoms with van der Waals surface area (Å²) < 4.78 is 15.4. The third-order valence-corrected chi connectivity index (χ3v) is 3.10. The number of guanidine groups is 1. The Morgan fingerprint density at radius 3 is 2.17 bits per heavy atom. The van der Waals surface area contributed by atoms with Gasteiger partial charge in [0.1, 0.15) is 0 Å². The van der Waals surface area contributed by atoms with E-state index in [4.69, 9.17) is 14.2 Å². The SMILES string of the molecule is CN=C(NCCCOCCOC)NCCCN(C)CCOC.I. The van der Waals surface area contributed by atoms with Gasteiger partial charge in [-0.1, -0.05) is 0 Å². The van der Waals surface area contributed by atoms with Crippen LogP contribution in [-0.4, -0.2) is 91.8 Å². The van der Waals surface area contributed by atoms with Crippen molar-refractivity contribution in [2.24, 2.45) is 4.99 Å². The number of nitrogens with one attached hydrogen (secondary N) is 2. The lowest BCUT2D eigenvalue weighted by molar-refractivity contribution is 0.0698. The molecule has 0 unspecified atom stereocenters. The van der Waals surface area contributed by atoms with Crippen LogP contribution in [0.3, 0.4) is 0 Å². The predicted molar refractivity (Wildman–Crippen MR) is 106 cm³/mol. The van der Waals surface area contributed by atoms with Gasteiger partial charge < -0.3 is 29.7 Å². The van der Waals surface area contributed by atoms with Gasteiger partial charge >= 0.3 is 0 Å². The standard InChI is InChI=1S/C15H34N4O3.HI/c1-16-15(18-8-6-11-22-14-13-21-4)17-7-5-9-19(2)10-12-20-3;/h5-14H2,1-4H3,(H2,16,17,18);1H. The first kappa shape index (κ1) is 25.1. The van der Waals surface area contributed by atoms with Crippen molar-refractivity contribution in [3.8, 4) is 0 Å². The van der Waals surface area contributed by atoms with Crippen LogP contribution in [0, 0.1) is 0 Å². The third kappa shape index (κ3) is 18.0. The molecule has 0 aromatic heterocycles. The maximum atomic E-state index is 5.41. The Labute approximate surface area is 158 Å². The zero-order chi connectivity index (χ0) is 16.5. The van der Waals surface area contributed by atoms with Crippen LogP contribution in [0.15, 0.2) is 4.99 Å². The van der Waals surface area contributed by atoms with Crippen LogP contribution in [0.4, 0.5) is 0 Å². The monoisotopic (exact) mass is 446 g/mol. The number of hydrogen-bond donors (Lipinski definition) is 2. The van der Waals surface area contributed by atoms with E-state index in [0.29, 0.717) is 13.2 Å². The molecule has 2 N–H and O–H groups in total. The average Bonchev–Trinajstić information content (AvgIpc) is 2.53. The smallest absolute Gasteiger partial charge is 0.190 e. The quantitative estimate of drug-likeness (QED) is 0.178. The molecule has 0 atom stereocenters. The predicted octanol–water partition coefficient (Wildman–Crippen LogP) is 0.791. The van der Waals surface area contributed by atoms with Gasteiger partial charge in [-0.3, -0.25) is 4.99 Å². The summed E-state index contributed by atoms with van der Waals surface area (Å²) in [5, 5.41) is 6.59. The van der Waals surface area contributed by atoms with E-state index in [1.54, 1.807) is 21.3 Å². The molecule has 0 spiro atoms. The van der Waals surface area contributed by atoms with Gasteiger partial charge in [-0.25, -0.2) is 0 Å². The van der Waals surface area contributed by atoms with Crippen LogP contribution >= 0.6 is 24.0 Å². The van der Waals surface area contributed by atoms with Crippen LogP contribution in [0.5, 0.6) is 0 Å². The Morgan fingerprint density at radius 2 is 1.57 bits per heavy atom. The van der Waals surface area contributed by atoms with Gasteiger partial charge in [0.15, 0.2) is 5.96 Å². The highest BCUT2D eigenvalue weighted by molar-refractivity contribution is 14.0. The van der Waals surface area contributed by atoms with Gasteiger partial charge in [-0.05, 0) is 26.4 Å². The average molecular weight is 446 g/mol. The highest BCUT2D eigenvalue weighted by Gasteiger charge is 1.99. The molecule has 23 heavy (non-hydrogen) atoms. The van der Waals surface area contributed by atoms with E-state index in [1.807, 2.05) is 0 Å². The number of rotatable bonds is 14. The first-order valence-electron chi connectivity index (χ1n) is 7.93. The first-order valence-corrected chi connectivity index (χ1v) is 7.93. The molecule has 140 valence electrons. The number of hydrogen-bond acceptors (Lipinski definition) is 5. The minimum absolute atomic E-state index is 0. The van der Waals surface area contributed by atoms with Crippen molar-refractivity contribution in [1.82, 2.24) is 15.5 Å². The summed E-state index contributed by atoms with van der Waals surface area (Å²) in [6.45, 7) is 6.57. The molecule has 0 fully saturated rings. The van der Waals surface area contributed by atoms with Crippen molar-refractivity contribution in [1.29, 1.82) is 0 Å². The Hall–Kier alpha value is -0.160. The molecular formula is C15H35IN4O3. The minimum atomic E-state index is 0. The van der Waals surface area contributed by atoms with Crippen LogP contribution < -0.4 is 10.6 Å². The zero-order valence-electron chi connectivity index (χ0n) is 15.1. The van der Waals surface area contributed by atoms with E-state index in [2.05, 4.69) is 27.6 Å². The van der Waals surface area contributed by atoms with Crippen molar-refractivity contribution in [3.05, 3.63) is 0 Å². The van der Waals surface area contributed by atoms with Gasteiger partial charge in [0.05, 0.1) is 19.8 Å². The summed E-state index contributed by atoms with van der Waals surface area (Å²) in [6, 6.07) is 0. The Kier molecular flexibility index (Phi) is 21.7. The molecular weight excluding hydrogens is 411 g/mol. The molecule has 0 rings (SSSR count). The van der Waals surface area contributed by atoms with Gasteiger partial charge in [0.2, 0.25) is 0 Å². The molecule has 0 heterocycles. The summed E-state index contributed by atoms with van der Waals surface area (Å²) in [5.41, 5.74) is 0. The largest absolute Gasteiger partial charge is 0.383 e. The fraction of sp³-hybridized carbons (Fsp3) is 0.933. The number of ether oxygens (including phenoxy) is 3. The van der Waals surface area contributed by atoms with Crippen molar-refractivity contribution >= 4 is 29.9 Å². The Balaban J connectivity index is 0. The fourth-order valence-corrected chi connectivity index (χ4v) is 1.76. The Morgan fingerprint density at radius 1 is 0.913 bits per heavy atom. The van der Waals surface area contributed by atoms with Gasteiger partial charge in [-0.2, -0.15) is 0 Å². The molecule has 7 nitrogen and oxygen atoms in total. The van der Waals surface area contributed by atoms with E-state index in [1.165, 1.54) is 0 Å². The molecule has 0 amide bonds. The van der Waals surface area contributed by atoms with Crippen LogP contribution in [0.2, 0.25) is 0 Å². The summed E-state index contributed by atoms with van der Waals surface area (Å²) in [4.78, 5) is 6.46. The van der Waals surface area contributed by atoms with Crippen molar-refractivity contribution in [3.63, 3.8) is 0 Å². The van der Waals surface area contributed by atoms with Crippen molar-refractivity contribution < 1.29 is 14.2 Å². The molecule has 0 saturated carbocycles. The highest BCUT2D eigenvalue weighted by Crippen LogP contribution is 1.87. The van der Waals surface area contributed by atoms with Gasteiger partial charge in [-0.15, -0.1) is 24.0 Å². The zero-order valence-corrected chi connectivity index (χ0v) is 17.4. The number of halogens is 1. The second kappa shape index (κ2) is 19.9. The van der Waals surface area contributed by atoms with Crippen LogP contribution in [-0.2, 0) is 14.2 Å². The van der Waals surface area contributed by atoms with E-state index >= 15 is 0 Å². The van der Waals surface area contributed by atoms with Gasteiger partial charge in [0.25, 0.3) is 0 Å². The lowest BCUT2D eigenvalue weighted by Crippen LogP contribution is -2.39. The summed E-state index contributed by atoms with van der Waals surface area (Å²) in [6.07, 6.45) is 2.02. The number of likely N-dealkylation sites (N-methyl/N-ethyl adjacent to an activating group) is 1. The lowest BCUT2D eigenvalue weighted by Gasteiger charge is -2.17. The van der Waals surface area contributed by atoms with Gasteiger partial charge in [0, 0.05) is 47.5 Å². The maximum absolute atomic E-state index is 5.41. The topological polar surface area (TPSA) is 67.4 Å². The van der Waals surface area contributed by atoms with Crippen molar-refractivity contribution in [2.45, 2.75) is 12.8 Å². The highest BCUT2D eigenvalue weighted by atomic mass is 127. The summed E-state index contributed by atoms with van der Waals surface area (Å²) >= 11 is 0. The molecule has 0 bridgehead atoms. The molecule has 0 saturated heterocycles. The fourth-order valence-electron chi connectivity index (χ4n) is 1.76. The maximum Gasteiger partial charge on any atom is 0.190 e. The third-order valence-electron chi connectivity index (χ3n) is 3.10. The molecule has 0 aliphatic heterocycles. The molecule has 0 radical (unpaired) electrons. The van der Waals surface area contributed by atoms with E-state index in [-0.39, 0.29) is 24.0 Å². The molecule has 8 heteroatoms. The summed E-state index contributed by atoms with van der Waals surface area (Å²) in [5.74, 6) is 0.844. The number of aliphatic imine (C=N–C) groups is 1. The van der Waals surface area contributed by atoms with Crippen LogP contribution in [0.25, 0.3) is 0 Å². The molecule has 0 aromatic rings. The van der Waals surface area contributed by atoms with E-state index < -0.39 is 0 Å². The minimum Gasteiger partial charge on any atom is -0.383 e.